The Morgan fingerprint density at radius 2 is 1.96 bits per heavy atom. The van der Waals surface area contributed by atoms with Crippen LogP contribution in [0.2, 0.25) is 0 Å². The Bertz CT molecular complexity index is 926. The smallest absolute Gasteiger partial charge is 0.251 e. The van der Waals surface area contributed by atoms with Crippen LogP contribution in [0.5, 0.6) is 0 Å². The van der Waals surface area contributed by atoms with E-state index in [2.05, 4.69) is 27.3 Å². The van der Waals surface area contributed by atoms with Crippen LogP contribution in [0.1, 0.15) is 34.6 Å². The second-order valence-electron chi connectivity index (χ2n) is 7.36. The van der Waals surface area contributed by atoms with Crippen molar-refractivity contribution in [2.45, 2.75) is 19.3 Å². The van der Waals surface area contributed by atoms with Gasteiger partial charge in [0.1, 0.15) is 5.82 Å². The van der Waals surface area contributed by atoms with Gasteiger partial charge < -0.3 is 15.2 Å². The number of aryl methyl sites for hydroxylation is 1. The van der Waals surface area contributed by atoms with Crippen LogP contribution in [0, 0.1) is 5.92 Å². The Labute approximate surface area is 159 Å². The van der Waals surface area contributed by atoms with Crippen molar-refractivity contribution in [1.82, 2.24) is 20.2 Å². The molecule has 0 radical (unpaired) electrons. The molecule has 0 saturated carbocycles. The number of benzene rings is 2. The van der Waals surface area contributed by atoms with Gasteiger partial charge in [-0.3, -0.25) is 4.79 Å². The first-order valence-corrected chi connectivity index (χ1v) is 9.69. The molecule has 0 aliphatic carbocycles. The minimum absolute atomic E-state index is 0.00862. The lowest BCUT2D eigenvalue weighted by molar-refractivity contribution is 0.0944. The van der Waals surface area contributed by atoms with Crippen molar-refractivity contribution >= 4 is 16.9 Å². The topological polar surface area (TPSA) is 59.0 Å². The van der Waals surface area contributed by atoms with Crippen molar-refractivity contribution in [3.8, 4) is 0 Å². The van der Waals surface area contributed by atoms with E-state index in [0.29, 0.717) is 11.5 Å². The zero-order valence-electron chi connectivity index (χ0n) is 15.7. The van der Waals surface area contributed by atoms with Gasteiger partial charge in [-0.05, 0) is 55.6 Å². The molecule has 1 aliphatic rings. The number of fused-ring (bicyclic) bond motifs is 1. The number of piperidine rings is 1. The third kappa shape index (κ3) is 4.03. The van der Waals surface area contributed by atoms with E-state index in [0.717, 1.165) is 55.8 Å². The molecule has 1 fully saturated rings. The van der Waals surface area contributed by atoms with Crippen LogP contribution in [0.3, 0.4) is 0 Å². The van der Waals surface area contributed by atoms with Gasteiger partial charge in [-0.2, -0.15) is 0 Å². The van der Waals surface area contributed by atoms with Crippen LogP contribution in [0.25, 0.3) is 11.0 Å². The second kappa shape index (κ2) is 7.92. The molecule has 27 heavy (non-hydrogen) atoms. The van der Waals surface area contributed by atoms with E-state index in [9.17, 15) is 4.79 Å². The molecule has 2 N–H and O–H groups in total. The van der Waals surface area contributed by atoms with E-state index < -0.39 is 0 Å². The minimum Gasteiger partial charge on any atom is -0.352 e. The number of nitrogens with one attached hydrogen (secondary N) is 2. The first-order valence-electron chi connectivity index (χ1n) is 9.69. The summed E-state index contributed by atoms with van der Waals surface area (Å²) in [5.41, 5.74) is 3.84. The lowest BCUT2D eigenvalue weighted by Crippen LogP contribution is -2.35. The van der Waals surface area contributed by atoms with E-state index in [4.69, 9.17) is 4.98 Å². The third-order valence-electron chi connectivity index (χ3n) is 5.45. The van der Waals surface area contributed by atoms with E-state index in [1.165, 1.54) is 5.56 Å². The molecular formula is C22H26N4O. The Kier molecular flexibility index (Phi) is 5.21. The molecule has 1 saturated heterocycles. The molecule has 4 rings (SSSR count). The Hall–Kier alpha value is -2.66. The average Bonchev–Trinajstić information content (AvgIpc) is 3.02. The van der Waals surface area contributed by atoms with Crippen molar-refractivity contribution in [2.24, 2.45) is 13.0 Å². The summed E-state index contributed by atoms with van der Waals surface area (Å²) in [6, 6.07) is 16.1. The van der Waals surface area contributed by atoms with Crippen LogP contribution in [-0.2, 0) is 13.5 Å². The summed E-state index contributed by atoms with van der Waals surface area (Å²) < 4.78 is 2.11. The van der Waals surface area contributed by atoms with Crippen molar-refractivity contribution in [2.75, 3.05) is 19.6 Å². The fourth-order valence-corrected chi connectivity index (χ4v) is 3.75. The van der Waals surface area contributed by atoms with Gasteiger partial charge >= 0.3 is 0 Å². The van der Waals surface area contributed by atoms with Crippen LogP contribution < -0.4 is 10.6 Å². The van der Waals surface area contributed by atoms with Gasteiger partial charge in [-0.15, -0.1) is 0 Å². The lowest BCUT2D eigenvalue weighted by atomic mass is 9.98. The molecule has 140 valence electrons. The number of carbonyl (C=O) groups excluding carboxylic acids is 1. The van der Waals surface area contributed by atoms with Gasteiger partial charge in [0.25, 0.3) is 5.91 Å². The molecule has 0 unspecified atom stereocenters. The number of aromatic nitrogens is 2. The Morgan fingerprint density at radius 3 is 2.74 bits per heavy atom. The van der Waals surface area contributed by atoms with Crippen LogP contribution in [-0.4, -0.2) is 35.1 Å². The molecule has 2 heterocycles. The molecule has 5 heteroatoms. The minimum atomic E-state index is -0.00862. The highest BCUT2D eigenvalue weighted by Crippen LogP contribution is 2.19. The molecule has 1 aromatic heterocycles. The maximum absolute atomic E-state index is 12.6. The number of carbonyl (C=O) groups is 1. The highest BCUT2D eigenvalue weighted by molar-refractivity contribution is 5.97. The SMILES string of the molecule is Cn1c(Cc2ccccc2)nc2cc(C(=O)NCC3CCNCC3)ccc21. The van der Waals surface area contributed by atoms with E-state index >= 15 is 0 Å². The molecule has 1 amide bonds. The summed E-state index contributed by atoms with van der Waals surface area (Å²) in [4.78, 5) is 17.3. The molecule has 3 aromatic rings. The number of imidazole rings is 1. The summed E-state index contributed by atoms with van der Waals surface area (Å²) >= 11 is 0. The van der Waals surface area contributed by atoms with Crippen LogP contribution >= 0.6 is 0 Å². The van der Waals surface area contributed by atoms with Crippen molar-refractivity contribution in [1.29, 1.82) is 0 Å². The van der Waals surface area contributed by atoms with Gasteiger partial charge in [-0.1, -0.05) is 30.3 Å². The first-order chi connectivity index (χ1) is 13.2. The van der Waals surface area contributed by atoms with E-state index in [1.807, 2.05) is 43.4 Å². The highest BCUT2D eigenvalue weighted by Gasteiger charge is 2.16. The quantitative estimate of drug-likeness (QED) is 0.734. The van der Waals surface area contributed by atoms with E-state index in [1.54, 1.807) is 0 Å². The zero-order chi connectivity index (χ0) is 18.6. The Morgan fingerprint density at radius 1 is 1.19 bits per heavy atom. The third-order valence-corrected chi connectivity index (χ3v) is 5.45. The van der Waals surface area contributed by atoms with Crippen LogP contribution in [0.4, 0.5) is 0 Å². The molecule has 0 atom stereocenters. The molecule has 0 spiro atoms. The zero-order valence-corrected chi connectivity index (χ0v) is 15.7. The lowest BCUT2D eigenvalue weighted by Gasteiger charge is -2.22. The number of amides is 1. The van der Waals surface area contributed by atoms with Gasteiger partial charge in [0.2, 0.25) is 0 Å². The Balaban J connectivity index is 1.49. The maximum Gasteiger partial charge on any atom is 0.251 e. The summed E-state index contributed by atoms with van der Waals surface area (Å²) in [5.74, 6) is 1.57. The fourth-order valence-electron chi connectivity index (χ4n) is 3.75. The van der Waals surface area contributed by atoms with Gasteiger partial charge in [-0.25, -0.2) is 4.98 Å². The van der Waals surface area contributed by atoms with E-state index in [-0.39, 0.29) is 5.91 Å². The van der Waals surface area contributed by atoms with Crippen LogP contribution in [0.15, 0.2) is 48.5 Å². The maximum atomic E-state index is 12.6. The monoisotopic (exact) mass is 362 g/mol. The standard InChI is InChI=1S/C22H26N4O/c1-26-20-8-7-18(22(27)24-15-17-9-11-23-12-10-17)14-19(20)25-21(26)13-16-5-3-2-4-6-16/h2-8,14,17,23H,9-13,15H2,1H3,(H,24,27). The number of rotatable bonds is 5. The van der Waals surface area contributed by atoms with Gasteiger partial charge in [0.15, 0.2) is 0 Å². The predicted molar refractivity (Wildman–Crippen MR) is 108 cm³/mol. The highest BCUT2D eigenvalue weighted by atomic mass is 16.1. The average molecular weight is 362 g/mol. The number of hydrogen-bond donors (Lipinski definition) is 2. The molecular weight excluding hydrogens is 336 g/mol. The van der Waals surface area contributed by atoms with Crippen molar-refractivity contribution in [3.63, 3.8) is 0 Å². The van der Waals surface area contributed by atoms with Crippen molar-refractivity contribution < 1.29 is 4.79 Å². The summed E-state index contributed by atoms with van der Waals surface area (Å²) in [7, 11) is 2.03. The molecule has 1 aliphatic heterocycles. The molecule has 5 nitrogen and oxygen atoms in total. The molecule has 2 aromatic carbocycles. The van der Waals surface area contributed by atoms with Gasteiger partial charge in [0, 0.05) is 25.6 Å². The summed E-state index contributed by atoms with van der Waals surface area (Å²) in [6.45, 7) is 2.84. The molecule has 0 bridgehead atoms. The summed E-state index contributed by atoms with van der Waals surface area (Å²) in [6.07, 6.45) is 3.04. The fraction of sp³-hybridized carbons (Fsp3) is 0.364. The summed E-state index contributed by atoms with van der Waals surface area (Å²) in [5, 5.41) is 6.45. The second-order valence-corrected chi connectivity index (χ2v) is 7.36. The van der Waals surface area contributed by atoms with Crippen molar-refractivity contribution in [3.05, 3.63) is 65.5 Å². The van der Waals surface area contributed by atoms with Gasteiger partial charge in [0.05, 0.1) is 11.0 Å². The first kappa shape index (κ1) is 17.7. The largest absolute Gasteiger partial charge is 0.352 e. The predicted octanol–water partition coefficient (Wildman–Crippen LogP) is 2.89. The number of nitrogens with zero attached hydrogens (tertiary/aromatic N) is 2. The number of hydrogen-bond acceptors (Lipinski definition) is 3. The normalized spacial score (nSPS) is 15.1.